The first-order valence-corrected chi connectivity index (χ1v) is 5.98. The summed E-state index contributed by atoms with van der Waals surface area (Å²) in [6.45, 7) is 2.71. The number of hydrogen-bond donors (Lipinski definition) is 1. The predicted molar refractivity (Wildman–Crippen MR) is 68.5 cm³/mol. The molecule has 2 N–H and O–H groups in total. The molecular formula is C13H19N3O. The van der Waals surface area contributed by atoms with Crippen LogP contribution in [0.2, 0.25) is 0 Å². The first-order valence-electron chi connectivity index (χ1n) is 5.98. The van der Waals surface area contributed by atoms with E-state index in [2.05, 4.69) is 19.1 Å². The maximum Gasteiger partial charge on any atom is 0.242 e. The molecule has 0 radical (unpaired) electrons. The molecule has 0 aliphatic carbocycles. The van der Waals surface area contributed by atoms with E-state index in [9.17, 15) is 4.79 Å². The summed E-state index contributed by atoms with van der Waals surface area (Å²) in [5.74, 6) is 0.168. The molecule has 4 heteroatoms. The van der Waals surface area contributed by atoms with Crippen molar-refractivity contribution in [2.24, 2.45) is 5.73 Å². The van der Waals surface area contributed by atoms with E-state index in [0.717, 1.165) is 12.1 Å². The van der Waals surface area contributed by atoms with Crippen molar-refractivity contribution in [3.63, 3.8) is 0 Å². The van der Waals surface area contributed by atoms with Gasteiger partial charge in [0.1, 0.15) is 0 Å². The number of benzene rings is 1. The summed E-state index contributed by atoms with van der Waals surface area (Å²) in [6, 6.07) is 8.45. The van der Waals surface area contributed by atoms with Gasteiger partial charge in [-0.3, -0.25) is 14.8 Å². The van der Waals surface area contributed by atoms with Crippen molar-refractivity contribution in [3.8, 4) is 0 Å². The molecule has 1 amide bonds. The van der Waals surface area contributed by atoms with Crippen molar-refractivity contribution < 1.29 is 4.79 Å². The minimum atomic E-state index is 0.168. The third kappa shape index (κ3) is 2.26. The second kappa shape index (κ2) is 4.75. The highest BCUT2D eigenvalue weighted by Crippen LogP contribution is 2.26. The Bertz CT molecular complexity index is 419. The van der Waals surface area contributed by atoms with Crippen LogP contribution in [0.3, 0.4) is 0 Å². The predicted octanol–water partition coefficient (Wildman–Crippen LogP) is 1.16. The Balaban J connectivity index is 2.27. The van der Waals surface area contributed by atoms with E-state index in [4.69, 9.17) is 5.73 Å². The molecule has 92 valence electrons. The van der Waals surface area contributed by atoms with Gasteiger partial charge in [-0.2, -0.15) is 0 Å². The number of hydrogen-bond acceptors (Lipinski definition) is 3. The van der Waals surface area contributed by atoms with E-state index in [-0.39, 0.29) is 11.9 Å². The Kier molecular flexibility index (Phi) is 3.33. The van der Waals surface area contributed by atoms with Gasteiger partial charge in [0.2, 0.25) is 5.91 Å². The van der Waals surface area contributed by atoms with Crippen LogP contribution in [0, 0.1) is 0 Å². The molecule has 0 bridgehead atoms. The normalized spacial score (nSPS) is 20.2. The number of nitrogens with two attached hydrogens (primary N) is 1. The number of anilines is 1. The van der Waals surface area contributed by atoms with E-state index in [1.54, 1.807) is 5.01 Å². The van der Waals surface area contributed by atoms with Crippen molar-refractivity contribution in [2.75, 3.05) is 18.6 Å². The van der Waals surface area contributed by atoms with E-state index < -0.39 is 0 Å². The minimum absolute atomic E-state index is 0.168. The van der Waals surface area contributed by atoms with E-state index in [1.165, 1.54) is 5.56 Å². The highest BCUT2D eigenvalue weighted by molar-refractivity contribution is 5.82. The van der Waals surface area contributed by atoms with Crippen molar-refractivity contribution in [1.82, 2.24) is 5.01 Å². The molecule has 1 aliphatic heterocycles. The number of carbonyl (C=O) groups excluding carboxylic acids is 1. The zero-order valence-electron chi connectivity index (χ0n) is 10.4. The van der Waals surface area contributed by atoms with Gasteiger partial charge in [0.25, 0.3) is 0 Å². The molecule has 1 aliphatic rings. The fourth-order valence-corrected chi connectivity index (χ4v) is 2.34. The third-order valence-electron chi connectivity index (χ3n) is 3.18. The SMILES string of the molecule is CC1CC(=O)N(C)N1c1cccc(CCN)c1. The molecule has 2 rings (SSSR count). The molecule has 0 spiro atoms. The van der Waals surface area contributed by atoms with Crippen molar-refractivity contribution in [2.45, 2.75) is 25.8 Å². The number of nitrogens with zero attached hydrogens (tertiary/aromatic N) is 2. The van der Waals surface area contributed by atoms with Gasteiger partial charge in [-0.1, -0.05) is 12.1 Å². The van der Waals surface area contributed by atoms with Crippen LogP contribution in [-0.4, -0.2) is 30.6 Å². The first-order chi connectivity index (χ1) is 8.13. The van der Waals surface area contributed by atoms with E-state index in [1.807, 2.05) is 24.2 Å². The molecule has 1 saturated heterocycles. The smallest absolute Gasteiger partial charge is 0.242 e. The molecule has 1 atom stereocenters. The summed E-state index contributed by atoms with van der Waals surface area (Å²) in [4.78, 5) is 11.6. The standard InChI is InChI=1S/C13H19N3O/c1-10-8-13(17)15(2)16(10)12-5-3-4-11(9-12)6-7-14/h3-5,9-10H,6-8,14H2,1-2H3. The van der Waals surface area contributed by atoms with Gasteiger partial charge in [-0.25, -0.2) is 0 Å². The molecule has 4 nitrogen and oxygen atoms in total. The van der Waals surface area contributed by atoms with Gasteiger partial charge in [0.15, 0.2) is 0 Å². The van der Waals surface area contributed by atoms with Crippen LogP contribution >= 0.6 is 0 Å². The summed E-state index contributed by atoms with van der Waals surface area (Å²) < 4.78 is 0. The lowest BCUT2D eigenvalue weighted by Crippen LogP contribution is -2.38. The second-order valence-corrected chi connectivity index (χ2v) is 4.52. The molecule has 0 aromatic heterocycles. The summed E-state index contributed by atoms with van der Waals surface area (Å²) in [5, 5.41) is 3.74. The van der Waals surface area contributed by atoms with Gasteiger partial charge in [0, 0.05) is 7.05 Å². The topological polar surface area (TPSA) is 49.6 Å². The highest BCUT2D eigenvalue weighted by atomic mass is 16.2. The molecule has 17 heavy (non-hydrogen) atoms. The van der Waals surface area contributed by atoms with Crippen LogP contribution in [0.5, 0.6) is 0 Å². The molecule has 1 aromatic rings. The number of hydrazine groups is 1. The molecule has 0 saturated carbocycles. The molecule has 1 unspecified atom stereocenters. The number of rotatable bonds is 3. The second-order valence-electron chi connectivity index (χ2n) is 4.52. The summed E-state index contributed by atoms with van der Waals surface area (Å²) in [6.07, 6.45) is 1.45. The minimum Gasteiger partial charge on any atom is -0.330 e. The average molecular weight is 233 g/mol. The van der Waals surface area contributed by atoms with Crippen LogP contribution in [0.4, 0.5) is 5.69 Å². The number of amides is 1. The zero-order chi connectivity index (χ0) is 12.4. The van der Waals surface area contributed by atoms with Gasteiger partial charge in [-0.05, 0) is 37.6 Å². The van der Waals surface area contributed by atoms with E-state index >= 15 is 0 Å². The Morgan fingerprint density at radius 2 is 2.24 bits per heavy atom. The Hall–Kier alpha value is -1.55. The maximum absolute atomic E-state index is 11.6. The maximum atomic E-state index is 11.6. The van der Waals surface area contributed by atoms with Gasteiger partial charge < -0.3 is 5.73 Å². The van der Waals surface area contributed by atoms with Gasteiger partial charge in [-0.15, -0.1) is 0 Å². The van der Waals surface area contributed by atoms with Crippen LogP contribution < -0.4 is 10.7 Å². The fourth-order valence-electron chi connectivity index (χ4n) is 2.34. The quantitative estimate of drug-likeness (QED) is 0.852. The molecule has 1 heterocycles. The molecule has 1 aromatic carbocycles. The van der Waals surface area contributed by atoms with Crippen molar-refractivity contribution in [3.05, 3.63) is 29.8 Å². The summed E-state index contributed by atoms with van der Waals surface area (Å²) in [7, 11) is 1.82. The third-order valence-corrected chi connectivity index (χ3v) is 3.18. The summed E-state index contributed by atoms with van der Waals surface area (Å²) >= 11 is 0. The Labute approximate surface area is 102 Å². The monoisotopic (exact) mass is 233 g/mol. The Morgan fingerprint density at radius 1 is 1.47 bits per heavy atom. The first kappa shape index (κ1) is 11.9. The fraction of sp³-hybridized carbons (Fsp3) is 0.462. The van der Waals surface area contributed by atoms with Gasteiger partial charge in [0.05, 0.1) is 18.2 Å². The zero-order valence-corrected chi connectivity index (χ0v) is 10.4. The lowest BCUT2D eigenvalue weighted by atomic mass is 10.1. The van der Waals surface area contributed by atoms with Crippen LogP contribution in [0.15, 0.2) is 24.3 Å². The lowest BCUT2D eigenvalue weighted by molar-refractivity contribution is -0.126. The molecule has 1 fully saturated rings. The van der Waals surface area contributed by atoms with Crippen LogP contribution in [-0.2, 0) is 11.2 Å². The highest BCUT2D eigenvalue weighted by Gasteiger charge is 2.32. The Morgan fingerprint density at radius 3 is 2.82 bits per heavy atom. The molecular weight excluding hydrogens is 214 g/mol. The average Bonchev–Trinajstić information content (AvgIpc) is 2.54. The van der Waals surface area contributed by atoms with E-state index in [0.29, 0.717) is 13.0 Å². The van der Waals surface area contributed by atoms with Crippen molar-refractivity contribution in [1.29, 1.82) is 0 Å². The van der Waals surface area contributed by atoms with Gasteiger partial charge >= 0.3 is 0 Å². The summed E-state index contributed by atoms with van der Waals surface area (Å²) in [5.41, 5.74) is 7.84. The van der Waals surface area contributed by atoms with Crippen molar-refractivity contribution >= 4 is 11.6 Å². The lowest BCUT2D eigenvalue weighted by Gasteiger charge is -2.30. The number of carbonyl (C=O) groups is 1. The van der Waals surface area contributed by atoms with Crippen LogP contribution in [0.1, 0.15) is 18.9 Å². The largest absolute Gasteiger partial charge is 0.330 e. The van der Waals surface area contributed by atoms with Crippen LogP contribution in [0.25, 0.3) is 0 Å².